The maximum atomic E-state index is 13.2. The van der Waals surface area contributed by atoms with E-state index in [0.717, 1.165) is 19.6 Å². The summed E-state index contributed by atoms with van der Waals surface area (Å²) in [5, 5.41) is 2.71. The molecule has 5 rings (SSSR count). The molecule has 1 aliphatic heterocycles. The summed E-state index contributed by atoms with van der Waals surface area (Å²) in [7, 11) is 0. The molecule has 0 aliphatic carbocycles. The van der Waals surface area contributed by atoms with Gasteiger partial charge in [-0.05, 0) is 81.1 Å². The Morgan fingerprint density at radius 3 is 1.90 bits per heavy atom. The first-order valence-electron chi connectivity index (χ1n) is 11.2. The Morgan fingerprint density at radius 2 is 1.27 bits per heavy atom. The number of unbranched alkanes of at least 4 members (excludes halogenated alkanes) is 1. The number of rotatable bonds is 6. The SMILES string of the molecule is Fc1ccc(C2CCN(CCCCn3c4ccccc4c4ccccc43)CC2)cc1. The number of aromatic nitrogens is 1. The Bertz CT molecular complexity index is 1070. The van der Waals surface area contributed by atoms with Crippen LogP contribution in [0.15, 0.2) is 72.8 Å². The third-order valence-electron chi connectivity index (χ3n) is 6.71. The fourth-order valence-corrected chi connectivity index (χ4v) is 5.07. The summed E-state index contributed by atoms with van der Waals surface area (Å²) in [4.78, 5) is 2.60. The number of likely N-dealkylation sites (tertiary alicyclic amines) is 1. The third-order valence-corrected chi connectivity index (χ3v) is 6.71. The molecule has 1 aliphatic rings. The minimum Gasteiger partial charge on any atom is -0.340 e. The van der Waals surface area contributed by atoms with Gasteiger partial charge in [0.2, 0.25) is 0 Å². The van der Waals surface area contributed by atoms with E-state index in [9.17, 15) is 4.39 Å². The highest BCUT2D eigenvalue weighted by molar-refractivity contribution is 6.07. The Labute approximate surface area is 177 Å². The second kappa shape index (κ2) is 8.61. The van der Waals surface area contributed by atoms with Gasteiger partial charge >= 0.3 is 0 Å². The zero-order valence-electron chi connectivity index (χ0n) is 17.4. The number of aryl methyl sites for hydroxylation is 1. The van der Waals surface area contributed by atoms with Crippen molar-refractivity contribution in [3.63, 3.8) is 0 Å². The second-order valence-corrected chi connectivity index (χ2v) is 8.56. The standard InChI is InChI=1S/C27H29FN2/c28-23-13-11-21(12-14-23)22-15-19-29(20-16-22)17-5-6-18-30-26-9-3-1-7-24(26)25-8-2-4-10-27(25)30/h1-4,7-14,22H,5-6,15-20H2. The number of halogens is 1. The normalized spacial score (nSPS) is 15.9. The van der Waals surface area contributed by atoms with Crippen LogP contribution in [0.1, 0.15) is 37.2 Å². The van der Waals surface area contributed by atoms with Gasteiger partial charge in [0, 0.05) is 28.4 Å². The van der Waals surface area contributed by atoms with Crippen molar-refractivity contribution in [3.05, 3.63) is 84.2 Å². The molecule has 0 amide bonds. The fourth-order valence-electron chi connectivity index (χ4n) is 5.07. The summed E-state index contributed by atoms with van der Waals surface area (Å²) < 4.78 is 15.6. The van der Waals surface area contributed by atoms with Crippen LogP contribution in [0, 0.1) is 5.82 Å². The lowest BCUT2D eigenvalue weighted by Crippen LogP contribution is -2.33. The lowest BCUT2D eigenvalue weighted by Gasteiger charge is -2.32. The third kappa shape index (κ3) is 3.87. The maximum absolute atomic E-state index is 13.2. The van der Waals surface area contributed by atoms with Gasteiger partial charge in [-0.15, -0.1) is 0 Å². The fraction of sp³-hybridized carbons (Fsp3) is 0.333. The van der Waals surface area contributed by atoms with Crippen molar-refractivity contribution in [2.24, 2.45) is 0 Å². The molecule has 1 saturated heterocycles. The quantitative estimate of drug-likeness (QED) is 0.331. The predicted octanol–water partition coefficient (Wildman–Crippen LogP) is 6.59. The molecule has 0 atom stereocenters. The average molecular weight is 401 g/mol. The van der Waals surface area contributed by atoms with Gasteiger partial charge in [-0.3, -0.25) is 0 Å². The molecule has 3 heteroatoms. The van der Waals surface area contributed by atoms with Crippen LogP contribution >= 0.6 is 0 Å². The minimum atomic E-state index is -0.139. The van der Waals surface area contributed by atoms with Crippen molar-refractivity contribution in [1.29, 1.82) is 0 Å². The van der Waals surface area contributed by atoms with Gasteiger partial charge in [0.05, 0.1) is 0 Å². The lowest BCUT2D eigenvalue weighted by atomic mass is 9.89. The molecule has 0 N–H and O–H groups in total. The van der Waals surface area contributed by atoms with E-state index in [1.165, 1.54) is 59.6 Å². The maximum Gasteiger partial charge on any atom is 0.123 e. The van der Waals surface area contributed by atoms with Gasteiger partial charge in [-0.1, -0.05) is 48.5 Å². The number of benzene rings is 3. The Balaban J connectivity index is 1.15. The summed E-state index contributed by atoms with van der Waals surface area (Å²) in [6, 6.07) is 24.6. The van der Waals surface area contributed by atoms with Gasteiger partial charge in [0.25, 0.3) is 0 Å². The first kappa shape index (κ1) is 19.3. The zero-order valence-corrected chi connectivity index (χ0v) is 17.4. The molecule has 0 bridgehead atoms. The molecule has 2 nitrogen and oxygen atoms in total. The lowest BCUT2D eigenvalue weighted by molar-refractivity contribution is 0.208. The summed E-state index contributed by atoms with van der Waals surface area (Å²) >= 11 is 0. The topological polar surface area (TPSA) is 8.17 Å². The van der Waals surface area contributed by atoms with Gasteiger partial charge in [0.1, 0.15) is 5.82 Å². The van der Waals surface area contributed by atoms with Crippen molar-refractivity contribution in [2.45, 2.75) is 38.1 Å². The molecular weight excluding hydrogens is 371 g/mol. The van der Waals surface area contributed by atoms with Crippen molar-refractivity contribution in [3.8, 4) is 0 Å². The summed E-state index contributed by atoms with van der Waals surface area (Å²) in [5.74, 6) is 0.443. The largest absolute Gasteiger partial charge is 0.340 e. The van der Waals surface area contributed by atoms with Crippen molar-refractivity contribution in [1.82, 2.24) is 9.47 Å². The van der Waals surface area contributed by atoms with Crippen LogP contribution in [-0.2, 0) is 6.54 Å². The number of piperidine rings is 1. The molecule has 2 heterocycles. The minimum absolute atomic E-state index is 0.139. The highest BCUT2D eigenvalue weighted by atomic mass is 19.1. The van der Waals surface area contributed by atoms with E-state index >= 15 is 0 Å². The van der Waals surface area contributed by atoms with E-state index in [-0.39, 0.29) is 5.82 Å². The van der Waals surface area contributed by atoms with Gasteiger partial charge in [-0.2, -0.15) is 0 Å². The van der Waals surface area contributed by atoms with Crippen LogP contribution in [0.4, 0.5) is 4.39 Å². The summed E-state index contributed by atoms with van der Waals surface area (Å²) in [5.41, 5.74) is 3.99. The van der Waals surface area contributed by atoms with E-state index in [2.05, 4.69) is 58.0 Å². The molecular formula is C27H29FN2. The molecule has 30 heavy (non-hydrogen) atoms. The van der Waals surface area contributed by atoms with Crippen molar-refractivity contribution < 1.29 is 4.39 Å². The Morgan fingerprint density at radius 1 is 0.700 bits per heavy atom. The number of para-hydroxylation sites is 2. The van der Waals surface area contributed by atoms with Crippen molar-refractivity contribution in [2.75, 3.05) is 19.6 Å². The van der Waals surface area contributed by atoms with Crippen LogP contribution in [0.3, 0.4) is 0 Å². The van der Waals surface area contributed by atoms with Crippen LogP contribution in [0.2, 0.25) is 0 Å². The first-order chi connectivity index (χ1) is 14.8. The molecule has 1 aromatic heterocycles. The first-order valence-corrected chi connectivity index (χ1v) is 11.2. The van der Waals surface area contributed by atoms with E-state index in [1.807, 2.05) is 12.1 Å². The Hall–Kier alpha value is -2.65. The zero-order chi connectivity index (χ0) is 20.3. The molecule has 0 radical (unpaired) electrons. The van der Waals surface area contributed by atoms with E-state index in [0.29, 0.717) is 5.92 Å². The molecule has 4 aromatic rings. The van der Waals surface area contributed by atoms with Gasteiger partial charge < -0.3 is 9.47 Å². The molecule has 1 fully saturated rings. The monoisotopic (exact) mass is 400 g/mol. The average Bonchev–Trinajstić information content (AvgIpc) is 3.12. The van der Waals surface area contributed by atoms with E-state index in [4.69, 9.17) is 0 Å². The smallest absolute Gasteiger partial charge is 0.123 e. The number of hydrogen-bond acceptors (Lipinski definition) is 1. The molecule has 0 unspecified atom stereocenters. The van der Waals surface area contributed by atoms with Crippen LogP contribution in [0.25, 0.3) is 21.8 Å². The number of fused-ring (bicyclic) bond motifs is 3. The summed E-state index contributed by atoms with van der Waals surface area (Å²) in [6.45, 7) is 4.54. The highest BCUT2D eigenvalue weighted by Gasteiger charge is 2.20. The molecule has 0 saturated carbocycles. The Kier molecular flexibility index (Phi) is 5.54. The molecule has 154 valence electrons. The molecule has 3 aromatic carbocycles. The number of hydrogen-bond donors (Lipinski definition) is 0. The van der Waals surface area contributed by atoms with Crippen LogP contribution in [0.5, 0.6) is 0 Å². The predicted molar refractivity (Wildman–Crippen MR) is 123 cm³/mol. The van der Waals surface area contributed by atoms with Gasteiger partial charge in [0.15, 0.2) is 0 Å². The number of nitrogens with zero attached hydrogens (tertiary/aromatic N) is 2. The van der Waals surface area contributed by atoms with E-state index in [1.54, 1.807) is 12.1 Å². The van der Waals surface area contributed by atoms with Crippen LogP contribution in [-0.4, -0.2) is 29.1 Å². The second-order valence-electron chi connectivity index (χ2n) is 8.56. The highest BCUT2D eigenvalue weighted by Crippen LogP contribution is 2.30. The summed E-state index contributed by atoms with van der Waals surface area (Å²) in [6.07, 6.45) is 4.78. The van der Waals surface area contributed by atoms with E-state index < -0.39 is 0 Å². The van der Waals surface area contributed by atoms with Crippen molar-refractivity contribution >= 4 is 21.8 Å². The van der Waals surface area contributed by atoms with Crippen LogP contribution < -0.4 is 0 Å². The molecule has 0 spiro atoms. The van der Waals surface area contributed by atoms with Gasteiger partial charge in [-0.25, -0.2) is 4.39 Å².